The summed E-state index contributed by atoms with van der Waals surface area (Å²) in [5.74, 6) is 1.84. The molecule has 0 N–H and O–H groups in total. The molecule has 4 nitrogen and oxygen atoms in total. The Bertz CT molecular complexity index is 3560. The van der Waals surface area contributed by atoms with Gasteiger partial charge < -0.3 is 4.57 Å². The van der Waals surface area contributed by atoms with Gasteiger partial charge in [-0.15, -0.1) is 0 Å². The van der Waals surface area contributed by atoms with E-state index in [4.69, 9.17) is 15.0 Å². The largest absolute Gasteiger partial charge is 0.309 e. The molecule has 0 spiro atoms. The van der Waals surface area contributed by atoms with Crippen LogP contribution in [-0.2, 0) is 0 Å². The Balaban J connectivity index is 1.13. The number of aromatic nitrogens is 4. The molecule has 320 valence electrons. The van der Waals surface area contributed by atoms with Gasteiger partial charge in [-0.3, -0.25) is 0 Å². The van der Waals surface area contributed by atoms with Crippen molar-refractivity contribution in [3.63, 3.8) is 0 Å². The molecule has 0 saturated carbocycles. The standard InChI is InChI=1S/C63H44N4Si/c1-7-22-45(23-8-1)48-38-41-60-57(43-48)56-36-19-20-37-59(56)67(60)50-39-40-55(58(44-50)63-65-61(46-24-9-2-10-25-46)64-62(66-63)47-26-11-3-12-27-47)49-28-21-35-54(42-49)68(51-29-13-4-14-30-51,52-31-15-5-16-32-52)53-33-17-6-18-34-53/h1-44H. The molecule has 68 heavy (non-hydrogen) atoms. The summed E-state index contributed by atoms with van der Waals surface area (Å²) in [6, 6.07) is 96.0. The molecular formula is C63H44N4Si. The molecule has 0 atom stereocenters. The summed E-state index contributed by atoms with van der Waals surface area (Å²) in [6.07, 6.45) is 0. The van der Waals surface area contributed by atoms with Gasteiger partial charge in [-0.1, -0.05) is 237 Å². The van der Waals surface area contributed by atoms with Crippen molar-refractivity contribution >= 4 is 50.6 Å². The van der Waals surface area contributed by atoms with Gasteiger partial charge in [0.25, 0.3) is 0 Å². The molecule has 5 heteroatoms. The van der Waals surface area contributed by atoms with E-state index in [9.17, 15) is 0 Å². The van der Waals surface area contributed by atoms with Crippen LogP contribution in [0.1, 0.15) is 0 Å². The summed E-state index contributed by atoms with van der Waals surface area (Å²) < 4.78 is 2.39. The molecule has 2 heterocycles. The summed E-state index contributed by atoms with van der Waals surface area (Å²) in [6.45, 7) is 0. The number of benzene rings is 10. The molecule has 0 fully saturated rings. The maximum Gasteiger partial charge on any atom is 0.179 e. The SMILES string of the molecule is c1ccc(-c2ccc3c(c2)c2ccccc2n3-c2ccc(-c3cccc([Si](c4ccccc4)(c4ccccc4)c4ccccc4)c3)c(-c3nc(-c4ccccc4)nc(-c4ccccc4)n3)c2)cc1. The third-order valence-electron chi connectivity index (χ3n) is 13.2. The molecule has 0 saturated heterocycles. The minimum Gasteiger partial charge on any atom is -0.309 e. The lowest BCUT2D eigenvalue weighted by atomic mass is 9.98. The molecule has 0 aliphatic rings. The van der Waals surface area contributed by atoms with E-state index in [1.54, 1.807) is 0 Å². The average Bonchev–Trinajstić information content (AvgIpc) is 3.76. The fourth-order valence-electron chi connectivity index (χ4n) is 10.1. The Morgan fingerprint density at radius 3 is 1.29 bits per heavy atom. The molecule has 0 aliphatic heterocycles. The second-order valence-corrected chi connectivity index (χ2v) is 21.0. The smallest absolute Gasteiger partial charge is 0.179 e. The molecule has 0 radical (unpaired) electrons. The molecule has 0 bridgehead atoms. The van der Waals surface area contributed by atoms with Crippen LogP contribution in [0.25, 0.3) is 83.9 Å². The molecule has 0 aliphatic carbocycles. The maximum atomic E-state index is 5.37. The van der Waals surface area contributed by atoms with Crippen LogP contribution in [0.4, 0.5) is 0 Å². The van der Waals surface area contributed by atoms with Crippen molar-refractivity contribution in [2.75, 3.05) is 0 Å². The Kier molecular flexibility index (Phi) is 10.5. The van der Waals surface area contributed by atoms with E-state index < -0.39 is 8.07 Å². The van der Waals surface area contributed by atoms with E-state index >= 15 is 0 Å². The lowest BCUT2D eigenvalue weighted by molar-refractivity contribution is 1.07. The van der Waals surface area contributed by atoms with E-state index in [1.807, 2.05) is 36.4 Å². The van der Waals surface area contributed by atoms with Gasteiger partial charge in [0.05, 0.1) is 11.0 Å². The van der Waals surface area contributed by atoms with Gasteiger partial charge in [0.15, 0.2) is 25.5 Å². The van der Waals surface area contributed by atoms with Gasteiger partial charge >= 0.3 is 0 Å². The molecule has 0 unspecified atom stereocenters. The van der Waals surface area contributed by atoms with Crippen molar-refractivity contribution in [3.05, 3.63) is 267 Å². The minimum absolute atomic E-state index is 0.602. The van der Waals surface area contributed by atoms with Crippen LogP contribution in [0.3, 0.4) is 0 Å². The lowest BCUT2D eigenvalue weighted by Gasteiger charge is -2.34. The van der Waals surface area contributed by atoms with E-state index in [0.29, 0.717) is 17.5 Å². The van der Waals surface area contributed by atoms with Crippen molar-refractivity contribution in [2.24, 2.45) is 0 Å². The summed E-state index contributed by atoms with van der Waals surface area (Å²) in [7, 11) is -2.86. The highest BCUT2D eigenvalue weighted by molar-refractivity contribution is 7.19. The van der Waals surface area contributed by atoms with Gasteiger partial charge in [-0.05, 0) is 73.3 Å². The maximum absolute atomic E-state index is 5.37. The highest BCUT2D eigenvalue weighted by atomic mass is 28.3. The van der Waals surface area contributed by atoms with Crippen LogP contribution in [-0.4, -0.2) is 27.6 Å². The third kappa shape index (κ3) is 7.23. The van der Waals surface area contributed by atoms with Crippen LogP contribution in [0.2, 0.25) is 0 Å². The fourth-order valence-corrected chi connectivity index (χ4v) is 14.9. The van der Waals surface area contributed by atoms with Gasteiger partial charge in [-0.2, -0.15) is 0 Å². The number of nitrogens with zero attached hydrogens (tertiary/aromatic N) is 4. The first kappa shape index (κ1) is 40.7. The number of rotatable bonds is 10. The zero-order valence-corrected chi connectivity index (χ0v) is 38.2. The first-order valence-corrected chi connectivity index (χ1v) is 25.1. The van der Waals surface area contributed by atoms with Crippen LogP contribution < -0.4 is 20.7 Å². The molecule has 12 rings (SSSR count). The van der Waals surface area contributed by atoms with Gasteiger partial charge in [-0.25, -0.2) is 15.0 Å². The summed E-state index contributed by atoms with van der Waals surface area (Å²) in [4.78, 5) is 15.9. The van der Waals surface area contributed by atoms with E-state index in [-0.39, 0.29) is 0 Å². The first-order valence-electron chi connectivity index (χ1n) is 23.1. The monoisotopic (exact) mass is 884 g/mol. The summed E-state index contributed by atoms with van der Waals surface area (Å²) in [5.41, 5.74) is 10.5. The summed E-state index contributed by atoms with van der Waals surface area (Å²) in [5, 5.41) is 7.65. The third-order valence-corrected chi connectivity index (χ3v) is 18.0. The predicted molar refractivity (Wildman–Crippen MR) is 285 cm³/mol. The number of para-hydroxylation sites is 1. The number of fused-ring (bicyclic) bond motifs is 3. The average molecular weight is 885 g/mol. The van der Waals surface area contributed by atoms with Crippen molar-refractivity contribution in [1.82, 2.24) is 19.5 Å². The second-order valence-electron chi connectivity index (χ2n) is 17.1. The van der Waals surface area contributed by atoms with Gasteiger partial charge in [0.2, 0.25) is 0 Å². The zero-order valence-electron chi connectivity index (χ0n) is 37.2. The lowest BCUT2D eigenvalue weighted by Crippen LogP contribution is -2.74. The van der Waals surface area contributed by atoms with E-state index in [1.165, 1.54) is 42.6 Å². The number of hydrogen-bond donors (Lipinski definition) is 0. The number of hydrogen-bond acceptors (Lipinski definition) is 3. The van der Waals surface area contributed by atoms with Crippen molar-refractivity contribution in [2.45, 2.75) is 0 Å². The Morgan fingerprint density at radius 1 is 0.265 bits per heavy atom. The molecule has 0 amide bonds. The fraction of sp³-hybridized carbons (Fsp3) is 0. The van der Waals surface area contributed by atoms with Crippen LogP contribution in [0, 0.1) is 0 Å². The molecular weight excluding hydrogens is 841 g/mol. The zero-order chi connectivity index (χ0) is 45.3. The van der Waals surface area contributed by atoms with Crippen LogP contribution >= 0.6 is 0 Å². The molecule has 2 aromatic heterocycles. The quantitative estimate of drug-likeness (QED) is 0.102. The van der Waals surface area contributed by atoms with Gasteiger partial charge in [0, 0.05) is 33.2 Å². The van der Waals surface area contributed by atoms with Crippen molar-refractivity contribution in [3.8, 4) is 62.1 Å². The normalized spacial score (nSPS) is 11.5. The van der Waals surface area contributed by atoms with E-state index in [0.717, 1.165) is 44.5 Å². The summed E-state index contributed by atoms with van der Waals surface area (Å²) >= 11 is 0. The molecule has 12 aromatic rings. The van der Waals surface area contributed by atoms with Crippen LogP contribution in [0.5, 0.6) is 0 Å². The van der Waals surface area contributed by atoms with E-state index in [2.05, 4.69) is 235 Å². The Hall–Kier alpha value is -8.77. The Morgan fingerprint density at radius 2 is 0.721 bits per heavy atom. The predicted octanol–water partition coefficient (Wildman–Crippen LogP) is 12.7. The van der Waals surface area contributed by atoms with Crippen LogP contribution in [0.15, 0.2) is 267 Å². The van der Waals surface area contributed by atoms with Crippen molar-refractivity contribution in [1.29, 1.82) is 0 Å². The highest BCUT2D eigenvalue weighted by Gasteiger charge is 2.41. The minimum atomic E-state index is -2.86. The highest BCUT2D eigenvalue weighted by Crippen LogP contribution is 2.39. The first-order chi connectivity index (χ1) is 33.7. The second kappa shape index (κ2) is 17.6. The van der Waals surface area contributed by atoms with Gasteiger partial charge in [0.1, 0.15) is 0 Å². The Labute approximate surface area is 397 Å². The topological polar surface area (TPSA) is 43.6 Å². The van der Waals surface area contributed by atoms with Crippen molar-refractivity contribution < 1.29 is 0 Å². The molecule has 10 aromatic carbocycles.